The SMILES string of the molecule is NCC(SCC1CCCO1)c1ccccn1. The minimum absolute atomic E-state index is 0.297. The van der Waals surface area contributed by atoms with E-state index >= 15 is 0 Å². The Morgan fingerprint density at radius 1 is 1.56 bits per heavy atom. The van der Waals surface area contributed by atoms with E-state index < -0.39 is 0 Å². The van der Waals surface area contributed by atoms with Gasteiger partial charge in [-0.2, -0.15) is 0 Å². The molecule has 0 radical (unpaired) electrons. The topological polar surface area (TPSA) is 48.1 Å². The van der Waals surface area contributed by atoms with Crippen LogP contribution in [0.15, 0.2) is 24.4 Å². The Balaban J connectivity index is 1.85. The molecule has 1 aromatic rings. The van der Waals surface area contributed by atoms with E-state index in [0.29, 0.717) is 17.9 Å². The van der Waals surface area contributed by atoms with Crippen molar-refractivity contribution in [1.29, 1.82) is 0 Å². The molecule has 0 spiro atoms. The van der Waals surface area contributed by atoms with E-state index in [0.717, 1.165) is 18.1 Å². The molecule has 1 aliphatic heterocycles. The average molecular weight is 238 g/mol. The maximum atomic E-state index is 5.79. The molecule has 0 aliphatic carbocycles. The van der Waals surface area contributed by atoms with Crippen LogP contribution in [0.2, 0.25) is 0 Å². The van der Waals surface area contributed by atoms with E-state index in [9.17, 15) is 0 Å². The van der Waals surface area contributed by atoms with Crippen LogP contribution < -0.4 is 5.73 Å². The van der Waals surface area contributed by atoms with Crippen LogP contribution in [-0.4, -0.2) is 30.0 Å². The highest BCUT2D eigenvalue weighted by Crippen LogP contribution is 2.29. The third kappa shape index (κ3) is 3.20. The molecule has 0 amide bonds. The normalized spacial score (nSPS) is 22.2. The zero-order valence-corrected chi connectivity index (χ0v) is 10.2. The second kappa shape index (κ2) is 6.23. The second-order valence-electron chi connectivity index (χ2n) is 3.95. The second-order valence-corrected chi connectivity index (χ2v) is 5.18. The number of nitrogens with two attached hydrogens (primary N) is 1. The Morgan fingerprint density at radius 3 is 3.12 bits per heavy atom. The molecule has 1 aromatic heterocycles. The first-order valence-corrected chi connectivity index (χ1v) is 6.79. The zero-order valence-electron chi connectivity index (χ0n) is 9.34. The fourth-order valence-electron chi connectivity index (χ4n) is 1.84. The molecule has 0 aromatic carbocycles. The molecule has 0 saturated carbocycles. The average Bonchev–Trinajstić information content (AvgIpc) is 2.84. The predicted octanol–water partition coefficient (Wildman–Crippen LogP) is 1.99. The van der Waals surface area contributed by atoms with Crippen molar-refractivity contribution in [2.24, 2.45) is 5.73 Å². The Labute approximate surface area is 101 Å². The highest BCUT2D eigenvalue weighted by Gasteiger charge is 2.19. The highest BCUT2D eigenvalue weighted by atomic mass is 32.2. The van der Waals surface area contributed by atoms with Crippen molar-refractivity contribution < 1.29 is 4.74 Å². The number of thioether (sulfide) groups is 1. The van der Waals surface area contributed by atoms with Crippen molar-refractivity contribution in [3.05, 3.63) is 30.1 Å². The van der Waals surface area contributed by atoms with Gasteiger partial charge in [0.25, 0.3) is 0 Å². The van der Waals surface area contributed by atoms with Gasteiger partial charge in [-0.05, 0) is 25.0 Å². The minimum atomic E-state index is 0.297. The van der Waals surface area contributed by atoms with Gasteiger partial charge in [0.15, 0.2) is 0 Å². The van der Waals surface area contributed by atoms with Gasteiger partial charge >= 0.3 is 0 Å². The highest BCUT2D eigenvalue weighted by molar-refractivity contribution is 7.99. The molecule has 2 heterocycles. The quantitative estimate of drug-likeness (QED) is 0.852. The first-order valence-electron chi connectivity index (χ1n) is 5.74. The Hall–Kier alpha value is -0.580. The van der Waals surface area contributed by atoms with Crippen LogP contribution in [0, 0.1) is 0 Å². The number of aromatic nitrogens is 1. The summed E-state index contributed by atoms with van der Waals surface area (Å²) in [5.41, 5.74) is 6.86. The van der Waals surface area contributed by atoms with Gasteiger partial charge in [-0.25, -0.2) is 0 Å². The molecule has 1 aliphatic rings. The van der Waals surface area contributed by atoms with Gasteiger partial charge in [-0.15, -0.1) is 11.8 Å². The summed E-state index contributed by atoms with van der Waals surface area (Å²) in [5.74, 6) is 1.03. The summed E-state index contributed by atoms with van der Waals surface area (Å²) < 4.78 is 5.60. The minimum Gasteiger partial charge on any atom is -0.377 e. The van der Waals surface area contributed by atoms with Gasteiger partial charge in [0.1, 0.15) is 0 Å². The summed E-state index contributed by atoms with van der Waals surface area (Å²) in [7, 11) is 0. The molecule has 0 bridgehead atoms. The van der Waals surface area contributed by atoms with Crippen molar-refractivity contribution in [1.82, 2.24) is 4.98 Å². The summed E-state index contributed by atoms with van der Waals surface area (Å²) >= 11 is 1.86. The largest absolute Gasteiger partial charge is 0.377 e. The van der Waals surface area contributed by atoms with E-state index in [-0.39, 0.29) is 0 Å². The lowest BCUT2D eigenvalue weighted by molar-refractivity contribution is 0.129. The van der Waals surface area contributed by atoms with Crippen molar-refractivity contribution in [2.45, 2.75) is 24.2 Å². The van der Waals surface area contributed by atoms with E-state index in [2.05, 4.69) is 4.98 Å². The number of ether oxygens (including phenoxy) is 1. The smallest absolute Gasteiger partial charge is 0.0666 e. The van der Waals surface area contributed by atoms with Crippen LogP contribution in [0.1, 0.15) is 23.8 Å². The molecule has 1 saturated heterocycles. The third-order valence-corrected chi connectivity index (χ3v) is 4.14. The van der Waals surface area contributed by atoms with Gasteiger partial charge < -0.3 is 10.5 Å². The van der Waals surface area contributed by atoms with E-state index in [4.69, 9.17) is 10.5 Å². The Bertz CT molecular complexity index is 301. The Morgan fingerprint density at radius 2 is 2.50 bits per heavy atom. The van der Waals surface area contributed by atoms with Gasteiger partial charge in [0, 0.05) is 25.1 Å². The summed E-state index contributed by atoms with van der Waals surface area (Å²) in [6.07, 6.45) is 4.63. The fraction of sp³-hybridized carbons (Fsp3) is 0.583. The predicted molar refractivity (Wildman–Crippen MR) is 67.5 cm³/mol. The molecule has 3 nitrogen and oxygen atoms in total. The van der Waals surface area contributed by atoms with Crippen LogP contribution in [0.25, 0.3) is 0 Å². The van der Waals surface area contributed by atoms with Crippen molar-refractivity contribution in [2.75, 3.05) is 18.9 Å². The Kier molecular flexibility index (Phi) is 4.63. The summed E-state index contributed by atoms with van der Waals surface area (Å²) in [6.45, 7) is 1.55. The molecule has 2 atom stereocenters. The molecule has 2 unspecified atom stereocenters. The maximum Gasteiger partial charge on any atom is 0.0666 e. The van der Waals surface area contributed by atoms with Gasteiger partial charge in [-0.3, -0.25) is 4.98 Å². The molecule has 1 fully saturated rings. The van der Waals surface area contributed by atoms with Gasteiger partial charge in [-0.1, -0.05) is 6.07 Å². The lowest BCUT2D eigenvalue weighted by Gasteiger charge is -2.16. The van der Waals surface area contributed by atoms with Crippen LogP contribution in [-0.2, 0) is 4.74 Å². The third-order valence-electron chi connectivity index (χ3n) is 2.74. The van der Waals surface area contributed by atoms with Crippen LogP contribution in [0.3, 0.4) is 0 Å². The van der Waals surface area contributed by atoms with Crippen molar-refractivity contribution in [3.63, 3.8) is 0 Å². The number of hydrogen-bond acceptors (Lipinski definition) is 4. The van der Waals surface area contributed by atoms with Crippen LogP contribution in [0.4, 0.5) is 0 Å². The summed E-state index contributed by atoms with van der Waals surface area (Å²) in [4.78, 5) is 4.35. The van der Waals surface area contributed by atoms with Crippen molar-refractivity contribution >= 4 is 11.8 Å². The first-order chi connectivity index (χ1) is 7.90. The monoisotopic (exact) mass is 238 g/mol. The van der Waals surface area contributed by atoms with Crippen LogP contribution >= 0.6 is 11.8 Å². The maximum absolute atomic E-state index is 5.79. The van der Waals surface area contributed by atoms with Gasteiger partial charge in [0.05, 0.1) is 17.0 Å². The molecule has 16 heavy (non-hydrogen) atoms. The number of rotatable bonds is 5. The van der Waals surface area contributed by atoms with Crippen LogP contribution in [0.5, 0.6) is 0 Å². The summed E-state index contributed by atoms with van der Waals surface area (Å²) in [6, 6.07) is 5.99. The number of hydrogen-bond donors (Lipinski definition) is 1. The van der Waals surface area contributed by atoms with E-state index in [1.54, 1.807) is 0 Å². The number of pyridine rings is 1. The lowest BCUT2D eigenvalue weighted by atomic mass is 10.2. The standard InChI is InChI=1S/C12H18N2OS/c13-8-12(11-5-1-2-6-14-11)16-9-10-4-3-7-15-10/h1-2,5-6,10,12H,3-4,7-9,13H2. The molecular weight excluding hydrogens is 220 g/mol. The molecule has 2 rings (SSSR count). The lowest BCUT2D eigenvalue weighted by Crippen LogP contribution is -2.15. The van der Waals surface area contributed by atoms with E-state index in [1.165, 1.54) is 12.8 Å². The first kappa shape index (κ1) is 11.9. The fourth-order valence-corrected chi connectivity index (χ4v) is 3.00. The van der Waals surface area contributed by atoms with Gasteiger partial charge in [0.2, 0.25) is 0 Å². The molecule has 2 N–H and O–H groups in total. The molecule has 4 heteroatoms. The summed E-state index contributed by atoms with van der Waals surface area (Å²) in [5, 5.41) is 0.297. The molecular formula is C12H18N2OS. The number of nitrogens with zero attached hydrogens (tertiary/aromatic N) is 1. The molecule has 88 valence electrons. The zero-order chi connectivity index (χ0) is 11.2. The van der Waals surface area contributed by atoms with E-state index in [1.807, 2.05) is 36.2 Å². The van der Waals surface area contributed by atoms with Crippen molar-refractivity contribution in [3.8, 4) is 0 Å².